The number of piperazine rings is 1. The molecule has 0 spiro atoms. The first-order chi connectivity index (χ1) is 10.3. The monoisotopic (exact) mass is 291 g/mol. The van der Waals surface area contributed by atoms with Gasteiger partial charge in [-0.05, 0) is 31.5 Å². The second kappa shape index (κ2) is 7.20. The Morgan fingerprint density at radius 2 is 2.05 bits per heavy atom. The third kappa shape index (κ3) is 4.15. The Morgan fingerprint density at radius 1 is 1.19 bits per heavy atom. The van der Waals surface area contributed by atoms with Gasteiger partial charge in [0, 0.05) is 32.4 Å². The maximum absolute atomic E-state index is 5.70. The second-order valence-electron chi connectivity index (χ2n) is 5.95. The molecule has 3 heterocycles. The third-order valence-electron chi connectivity index (χ3n) is 4.29. The molecule has 0 aromatic carbocycles. The average Bonchev–Trinajstić information content (AvgIpc) is 2.55. The van der Waals surface area contributed by atoms with Gasteiger partial charge in [0.05, 0.1) is 37.8 Å². The van der Waals surface area contributed by atoms with Crippen molar-refractivity contribution < 1.29 is 9.47 Å². The van der Waals surface area contributed by atoms with Crippen LogP contribution in [0.2, 0.25) is 0 Å². The lowest BCUT2D eigenvalue weighted by molar-refractivity contribution is -0.0903. The molecule has 1 unspecified atom stereocenters. The summed E-state index contributed by atoms with van der Waals surface area (Å²) in [6.45, 7) is 6.60. The minimum atomic E-state index is 0.242. The highest BCUT2D eigenvalue weighted by Gasteiger charge is 2.16. The summed E-state index contributed by atoms with van der Waals surface area (Å²) < 4.78 is 11.1. The van der Waals surface area contributed by atoms with Crippen LogP contribution in [0.1, 0.15) is 12.0 Å². The molecule has 2 aliphatic heterocycles. The van der Waals surface area contributed by atoms with Gasteiger partial charge in [-0.2, -0.15) is 0 Å². The quantitative estimate of drug-likeness (QED) is 0.833. The summed E-state index contributed by atoms with van der Waals surface area (Å²) in [5.74, 6) is 0. The SMILES string of the molecule is CN1CCN(c2cncc(CCC3COCCO3)c2)CC1. The first-order valence-electron chi connectivity index (χ1n) is 7.88. The molecule has 2 saturated heterocycles. The first-order valence-corrected chi connectivity index (χ1v) is 7.88. The maximum Gasteiger partial charge on any atom is 0.0812 e. The van der Waals surface area contributed by atoms with Crippen LogP contribution in [0.3, 0.4) is 0 Å². The lowest BCUT2D eigenvalue weighted by Crippen LogP contribution is -2.44. The van der Waals surface area contributed by atoms with Crippen molar-refractivity contribution in [1.82, 2.24) is 9.88 Å². The fourth-order valence-electron chi connectivity index (χ4n) is 2.88. The van der Waals surface area contributed by atoms with Gasteiger partial charge < -0.3 is 19.3 Å². The number of rotatable bonds is 4. The molecule has 0 saturated carbocycles. The summed E-state index contributed by atoms with van der Waals surface area (Å²) in [4.78, 5) is 9.21. The Kier molecular flexibility index (Phi) is 5.06. The molecule has 0 N–H and O–H groups in total. The predicted octanol–water partition coefficient (Wildman–Crippen LogP) is 1.18. The van der Waals surface area contributed by atoms with Crippen LogP contribution < -0.4 is 4.90 Å². The van der Waals surface area contributed by atoms with E-state index in [2.05, 4.69) is 27.9 Å². The number of pyridine rings is 1. The highest BCUT2D eigenvalue weighted by molar-refractivity contribution is 5.46. The molecule has 0 amide bonds. The van der Waals surface area contributed by atoms with Gasteiger partial charge in [0.2, 0.25) is 0 Å². The van der Waals surface area contributed by atoms with Crippen molar-refractivity contribution >= 4 is 5.69 Å². The Labute approximate surface area is 126 Å². The van der Waals surface area contributed by atoms with E-state index in [-0.39, 0.29) is 6.10 Å². The van der Waals surface area contributed by atoms with Crippen molar-refractivity contribution in [1.29, 1.82) is 0 Å². The highest BCUT2D eigenvalue weighted by Crippen LogP contribution is 2.18. The number of hydrogen-bond acceptors (Lipinski definition) is 5. The largest absolute Gasteiger partial charge is 0.376 e. The third-order valence-corrected chi connectivity index (χ3v) is 4.29. The number of nitrogens with zero attached hydrogens (tertiary/aromatic N) is 3. The molecule has 3 rings (SSSR count). The van der Waals surface area contributed by atoms with E-state index in [1.165, 1.54) is 11.3 Å². The maximum atomic E-state index is 5.70. The van der Waals surface area contributed by atoms with Crippen molar-refractivity contribution in [3.05, 3.63) is 24.0 Å². The van der Waals surface area contributed by atoms with Gasteiger partial charge in [-0.15, -0.1) is 0 Å². The van der Waals surface area contributed by atoms with E-state index in [4.69, 9.17) is 9.47 Å². The van der Waals surface area contributed by atoms with Gasteiger partial charge in [-0.1, -0.05) is 0 Å². The molecule has 116 valence electrons. The van der Waals surface area contributed by atoms with Gasteiger partial charge in [0.25, 0.3) is 0 Å². The van der Waals surface area contributed by atoms with E-state index in [9.17, 15) is 0 Å². The summed E-state index contributed by atoms with van der Waals surface area (Å²) >= 11 is 0. The van der Waals surface area contributed by atoms with Crippen LogP contribution in [-0.4, -0.2) is 69.0 Å². The summed E-state index contributed by atoms with van der Waals surface area (Å²) in [5.41, 5.74) is 2.54. The van der Waals surface area contributed by atoms with E-state index in [0.29, 0.717) is 0 Å². The number of likely N-dealkylation sites (N-methyl/N-ethyl adjacent to an activating group) is 1. The smallest absolute Gasteiger partial charge is 0.0812 e. The Bertz CT molecular complexity index is 441. The molecule has 1 atom stereocenters. The van der Waals surface area contributed by atoms with Gasteiger partial charge >= 0.3 is 0 Å². The summed E-state index contributed by atoms with van der Waals surface area (Å²) in [7, 11) is 2.18. The Morgan fingerprint density at radius 3 is 2.81 bits per heavy atom. The fourth-order valence-corrected chi connectivity index (χ4v) is 2.88. The van der Waals surface area contributed by atoms with Gasteiger partial charge in [-0.3, -0.25) is 4.98 Å². The Balaban J connectivity index is 1.55. The lowest BCUT2D eigenvalue weighted by Gasteiger charge is -2.34. The zero-order valence-electron chi connectivity index (χ0n) is 12.8. The van der Waals surface area contributed by atoms with Crippen LogP contribution in [0.15, 0.2) is 18.5 Å². The number of hydrogen-bond donors (Lipinski definition) is 0. The zero-order chi connectivity index (χ0) is 14.5. The normalized spacial score (nSPS) is 24.2. The molecule has 0 radical (unpaired) electrons. The summed E-state index contributed by atoms with van der Waals surface area (Å²) in [5, 5.41) is 0. The topological polar surface area (TPSA) is 37.8 Å². The van der Waals surface area contributed by atoms with E-state index in [0.717, 1.165) is 58.8 Å². The highest BCUT2D eigenvalue weighted by atomic mass is 16.6. The zero-order valence-corrected chi connectivity index (χ0v) is 12.8. The minimum Gasteiger partial charge on any atom is -0.376 e. The molecule has 5 heteroatoms. The van der Waals surface area contributed by atoms with Crippen LogP contribution in [0, 0.1) is 0 Å². The average molecular weight is 291 g/mol. The van der Waals surface area contributed by atoms with Crippen molar-refractivity contribution in [3.8, 4) is 0 Å². The van der Waals surface area contributed by atoms with Gasteiger partial charge in [0.15, 0.2) is 0 Å². The van der Waals surface area contributed by atoms with Crippen molar-refractivity contribution in [2.75, 3.05) is 57.9 Å². The molecule has 2 aliphatic rings. The number of ether oxygens (including phenoxy) is 2. The predicted molar refractivity (Wildman–Crippen MR) is 82.8 cm³/mol. The lowest BCUT2D eigenvalue weighted by atomic mass is 10.1. The molecule has 0 bridgehead atoms. The minimum absolute atomic E-state index is 0.242. The molecule has 21 heavy (non-hydrogen) atoms. The molecular weight excluding hydrogens is 266 g/mol. The van der Waals surface area contributed by atoms with Gasteiger partial charge in [-0.25, -0.2) is 0 Å². The Hall–Kier alpha value is -1.17. The van der Waals surface area contributed by atoms with Crippen LogP contribution >= 0.6 is 0 Å². The fraction of sp³-hybridized carbons (Fsp3) is 0.688. The van der Waals surface area contributed by atoms with Crippen LogP contribution in [-0.2, 0) is 15.9 Å². The molecule has 2 fully saturated rings. The number of anilines is 1. The van der Waals surface area contributed by atoms with Crippen LogP contribution in [0.25, 0.3) is 0 Å². The van der Waals surface area contributed by atoms with E-state index in [1.54, 1.807) is 0 Å². The van der Waals surface area contributed by atoms with Crippen LogP contribution in [0.5, 0.6) is 0 Å². The molecule has 1 aromatic rings. The van der Waals surface area contributed by atoms with E-state index >= 15 is 0 Å². The number of aromatic nitrogens is 1. The molecule has 1 aromatic heterocycles. The first kappa shape index (κ1) is 14.8. The molecular formula is C16H25N3O2. The van der Waals surface area contributed by atoms with Crippen LogP contribution in [0.4, 0.5) is 5.69 Å². The number of aryl methyl sites for hydroxylation is 1. The molecule has 5 nitrogen and oxygen atoms in total. The summed E-state index contributed by atoms with van der Waals surface area (Å²) in [6.07, 6.45) is 6.21. The standard InChI is InChI=1S/C16H25N3O2/c1-18-4-6-19(7-5-18)15-10-14(11-17-12-15)2-3-16-13-20-8-9-21-16/h10-12,16H,2-9,13H2,1H3. The van der Waals surface area contributed by atoms with Crippen molar-refractivity contribution in [2.24, 2.45) is 0 Å². The second-order valence-corrected chi connectivity index (χ2v) is 5.95. The molecule has 0 aliphatic carbocycles. The summed E-state index contributed by atoms with van der Waals surface area (Å²) in [6, 6.07) is 2.28. The van der Waals surface area contributed by atoms with Crippen molar-refractivity contribution in [3.63, 3.8) is 0 Å². The van der Waals surface area contributed by atoms with Crippen molar-refractivity contribution in [2.45, 2.75) is 18.9 Å². The van der Waals surface area contributed by atoms with Gasteiger partial charge in [0.1, 0.15) is 0 Å². The van der Waals surface area contributed by atoms with E-state index in [1.807, 2.05) is 12.4 Å². The van der Waals surface area contributed by atoms with E-state index < -0.39 is 0 Å².